The van der Waals surface area contributed by atoms with Crippen molar-refractivity contribution in [3.63, 3.8) is 0 Å². The number of carbonyl (C=O) groups excluding carboxylic acids is 1. The smallest absolute Gasteiger partial charge is 0.412 e. The molecule has 25 heavy (non-hydrogen) atoms. The van der Waals surface area contributed by atoms with Crippen molar-refractivity contribution in [2.75, 3.05) is 20.8 Å². The topological polar surface area (TPSA) is 78.8 Å². The van der Waals surface area contributed by atoms with Gasteiger partial charge in [-0.25, -0.2) is 4.79 Å². The van der Waals surface area contributed by atoms with Crippen LogP contribution in [-0.2, 0) is 6.54 Å². The monoisotopic (exact) mass is 348 g/mol. The predicted molar refractivity (Wildman–Crippen MR) is 95.9 cm³/mol. The molecule has 1 amide bonds. The van der Waals surface area contributed by atoms with Crippen LogP contribution in [0.25, 0.3) is 10.8 Å². The summed E-state index contributed by atoms with van der Waals surface area (Å²) in [6, 6.07) is 3.24. The van der Waals surface area contributed by atoms with E-state index in [0.717, 1.165) is 0 Å². The number of hydrogen-bond donors (Lipinski definition) is 1. The molecule has 1 aromatic heterocycles. The van der Waals surface area contributed by atoms with E-state index in [-0.39, 0.29) is 5.56 Å². The third-order valence-electron chi connectivity index (χ3n) is 3.75. The van der Waals surface area contributed by atoms with Gasteiger partial charge in [-0.2, -0.15) is 0 Å². The van der Waals surface area contributed by atoms with E-state index in [1.54, 1.807) is 12.1 Å². The van der Waals surface area contributed by atoms with Crippen LogP contribution >= 0.6 is 0 Å². The summed E-state index contributed by atoms with van der Waals surface area (Å²) in [5.74, 6) is 1.49. The number of pyridine rings is 1. The Bertz CT molecular complexity index is 826. The Morgan fingerprint density at radius 3 is 2.24 bits per heavy atom. The fourth-order valence-corrected chi connectivity index (χ4v) is 2.42. The molecule has 136 valence electrons. The van der Waals surface area contributed by atoms with E-state index >= 15 is 0 Å². The van der Waals surface area contributed by atoms with Gasteiger partial charge in [-0.3, -0.25) is 4.79 Å². The van der Waals surface area contributed by atoms with Gasteiger partial charge in [-0.15, -0.1) is 0 Å². The lowest BCUT2D eigenvalue weighted by atomic mass is 10.1. The van der Waals surface area contributed by atoms with Gasteiger partial charge in [0, 0.05) is 18.5 Å². The minimum absolute atomic E-state index is 0.187. The van der Waals surface area contributed by atoms with Crippen molar-refractivity contribution in [1.82, 2.24) is 9.88 Å². The Kier molecular flexibility index (Phi) is 5.90. The maximum Gasteiger partial charge on any atom is 0.412 e. The molecule has 0 saturated carbocycles. The lowest BCUT2D eigenvalue weighted by Crippen LogP contribution is -2.30. The first kappa shape index (κ1) is 18.6. The number of ether oxygens (including phenoxy) is 3. The van der Waals surface area contributed by atoms with Crippen molar-refractivity contribution >= 4 is 16.9 Å². The molecule has 7 heteroatoms. The van der Waals surface area contributed by atoms with Gasteiger partial charge in [0.25, 0.3) is 5.56 Å². The molecule has 0 aliphatic carbocycles. The molecule has 0 spiro atoms. The Morgan fingerprint density at radius 2 is 1.72 bits per heavy atom. The summed E-state index contributed by atoms with van der Waals surface area (Å²) in [6.07, 6.45) is 0.969. The molecule has 0 fully saturated rings. The van der Waals surface area contributed by atoms with E-state index in [1.807, 2.05) is 20.8 Å². The molecule has 0 aliphatic rings. The molecule has 0 aliphatic heterocycles. The first-order valence-electron chi connectivity index (χ1n) is 8.16. The Labute approximate surface area is 146 Å². The lowest BCUT2D eigenvalue weighted by Gasteiger charge is -2.15. The summed E-state index contributed by atoms with van der Waals surface area (Å²) in [6.45, 7) is 6.78. The summed E-state index contributed by atoms with van der Waals surface area (Å²) >= 11 is 0. The SMILES string of the molecule is CCn1cc(OC(=O)NCC(C)C)c2cc(OC)c(OC)cc2c1=O. The Morgan fingerprint density at radius 1 is 1.12 bits per heavy atom. The number of amides is 1. The van der Waals surface area contributed by atoms with Crippen LogP contribution in [-0.4, -0.2) is 31.4 Å². The summed E-state index contributed by atoms with van der Waals surface area (Å²) in [5.41, 5.74) is -0.187. The lowest BCUT2D eigenvalue weighted by molar-refractivity contribution is 0.199. The van der Waals surface area contributed by atoms with Crippen LogP contribution in [0.1, 0.15) is 20.8 Å². The van der Waals surface area contributed by atoms with Crippen LogP contribution in [0.4, 0.5) is 4.79 Å². The first-order chi connectivity index (χ1) is 11.9. The van der Waals surface area contributed by atoms with Crippen molar-refractivity contribution < 1.29 is 19.0 Å². The summed E-state index contributed by atoms with van der Waals surface area (Å²) in [7, 11) is 3.01. The molecule has 0 saturated heterocycles. The highest BCUT2D eigenvalue weighted by Crippen LogP contribution is 2.34. The second-order valence-corrected chi connectivity index (χ2v) is 6.00. The molecule has 0 bridgehead atoms. The molecule has 0 radical (unpaired) electrons. The highest BCUT2D eigenvalue weighted by molar-refractivity contribution is 5.92. The quantitative estimate of drug-likeness (QED) is 0.868. The molecule has 1 N–H and O–H groups in total. The van der Waals surface area contributed by atoms with Crippen molar-refractivity contribution in [2.24, 2.45) is 5.92 Å². The second-order valence-electron chi connectivity index (χ2n) is 6.00. The zero-order valence-corrected chi connectivity index (χ0v) is 15.2. The van der Waals surface area contributed by atoms with Crippen molar-refractivity contribution in [1.29, 1.82) is 0 Å². The number of aromatic nitrogens is 1. The Balaban J connectivity index is 2.56. The summed E-state index contributed by atoms with van der Waals surface area (Å²) in [5, 5.41) is 3.58. The van der Waals surface area contributed by atoms with E-state index in [1.165, 1.54) is 25.0 Å². The van der Waals surface area contributed by atoms with Gasteiger partial charge < -0.3 is 24.1 Å². The van der Waals surface area contributed by atoms with E-state index < -0.39 is 6.09 Å². The van der Waals surface area contributed by atoms with Crippen LogP contribution in [0.5, 0.6) is 17.2 Å². The number of carbonyl (C=O) groups is 1. The second kappa shape index (κ2) is 7.92. The third-order valence-corrected chi connectivity index (χ3v) is 3.75. The first-order valence-corrected chi connectivity index (χ1v) is 8.16. The minimum atomic E-state index is -0.564. The van der Waals surface area contributed by atoms with Crippen molar-refractivity contribution in [3.8, 4) is 17.2 Å². The highest BCUT2D eigenvalue weighted by atomic mass is 16.6. The number of methoxy groups -OCH3 is 2. The normalized spacial score (nSPS) is 10.8. The molecular weight excluding hydrogens is 324 g/mol. The largest absolute Gasteiger partial charge is 0.493 e. The fraction of sp³-hybridized carbons (Fsp3) is 0.444. The number of benzene rings is 1. The molecule has 7 nitrogen and oxygen atoms in total. The maximum atomic E-state index is 12.6. The zero-order valence-electron chi connectivity index (χ0n) is 15.2. The number of fused-ring (bicyclic) bond motifs is 1. The maximum absolute atomic E-state index is 12.6. The molecule has 2 rings (SSSR count). The van der Waals surface area contributed by atoms with Crippen LogP contribution in [0, 0.1) is 5.92 Å². The number of rotatable bonds is 6. The van der Waals surface area contributed by atoms with Gasteiger partial charge in [0.1, 0.15) is 0 Å². The van der Waals surface area contributed by atoms with Gasteiger partial charge >= 0.3 is 6.09 Å². The average molecular weight is 348 g/mol. The van der Waals surface area contributed by atoms with Gasteiger partial charge in [0.2, 0.25) is 0 Å². The van der Waals surface area contributed by atoms with E-state index in [2.05, 4.69) is 5.32 Å². The summed E-state index contributed by atoms with van der Waals surface area (Å²) in [4.78, 5) is 24.6. The van der Waals surface area contributed by atoms with E-state index in [4.69, 9.17) is 14.2 Å². The molecule has 2 aromatic rings. The van der Waals surface area contributed by atoms with Gasteiger partial charge in [0.05, 0.1) is 25.8 Å². The van der Waals surface area contributed by atoms with Crippen molar-refractivity contribution in [3.05, 3.63) is 28.7 Å². The summed E-state index contributed by atoms with van der Waals surface area (Å²) < 4.78 is 17.5. The van der Waals surface area contributed by atoms with Crippen LogP contribution in [0.15, 0.2) is 23.1 Å². The molecule has 1 aromatic carbocycles. The van der Waals surface area contributed by atoms with Gasteiger partial charge in [-0.05, 0) is 25.0 Å². The number of hydrogen-bond acceptors (Lipinski definition) is 5. The van der Waals surface area contributed by atoms with Crippen LogP contribution < -0.4 is 25.1 Å². The van der Waals surface area contributed by atoms with Crippen LogP contribution in [0.2, 0.25) is 0 Å². The molecule has 0 atom stereocenters. The molecule has 1 heterocycles. The predicted octanol–water partition coefficient (Wildman–Crippen LogP) is 2.78. The number of nitrogens with zero attached hydrogens (tertiary/aromatic N) is 1. The zero-order chi connectivity index (χ0) is 18.6. The van der Waals surface area contributed by atoms with Crippen LogP contribution in [0.3, 0.4) is 0 Å². The average Bonchev–Trinajstić information content (AvgIpc) is 2.61. The number of aryl methyl sites for hydroxylation is 1. The van der Waals surface area contributed by atoms with E-state index in [9.17, 15) is 9.59 Å². The molecular formula is C18H24N2O5. The van der Waals surface area contributed by atoms with Gasteiger partial charge in [-0.1, -0.05) is 13.8 Å². The fourth-order valence-electron chi connectivity index (χ4n) is 2.42. The molecule has 0 unspecified atom stereocenters. The third kappa shape index (κ3) is 4.04. The number of nitrogens with one attached hydrogen (secondary N) is 1. The van der Waals surface area contributed by atoms with Gasteiger partial charge in [0.15, 0.2) is 17.2 Å². The standard InChI is InChI=1S/C18H24N2O5/c1-6-20-10-16(25-18(22)19-9-11(2)3)12-7-14(23-4)15(24-5)8-13(12)17(20)21/h7-8,10-11H,6,9H2,1-5H3,(H,19,22). The minimum Gasteiger partial charge on any atom is -0.493 e. The highest BCUT2D eigenvalue weighted by Gasteiger charge is 2.16. The van der Waals surface area contributed by atoms with Crippen molar-refractivity contribution in [2.45, 2.75) is 27.3 Å². The Hall–Kier alpha value is -2.70. The van der Waals surface area contributed by atoms with E-state index in [0.29, 0.717) is 47.0 Å².